The zero-order valence-electron chi connectivity index (χ0n) is 11.0. The summed E-state index contributed by atoms with van der Waals surface area (Å²) in [5.74, 6) is -0.163. The van der Waals surface area contributed by atoms with Crippen molar-refractivity contribution in [3.05, 3.63) is 42.2 Å². The van der Waals surface area contributed by atoms with Crippen LogP contribution in [0, 0.1) is 5.82 Å². The first-order chi connectivity index (χ1) is 10.1. The maximum absolute atomic E-state index is 13.2. The van der Waals surface area contributed by atoms with Crippen LogP contribution in [-0.4, -0.2) is 27.9 Å². The second-order valence-corrected chi connectivity index (χ2v) is 4.09. The Hall–Kier alpha value is -2.22. The van der Waals surface area contributed by atoms with E-state index in [0.717, 1.165) is 10.6 Å². The molecule has 0 bridgehead atoms. The van der Waals surface area contributed by atoms with E-state index in [4.69, 9.17) is 9.84 Å². The van der Waals surface area contributed by atoms with Gasteiger partial charge in [0, 0.05) is 18.5 Å². The minimum Gasteiger partial charge on any atom is -0.489 e. The summed E-state index contributed by atoms with van der Waals surface area (Å²) in [6.45, 7) is -2.86. The molecule has 0 fully saturated rings. The van der Waals surface area contributed by atoms with Crippen LogP contribution in [0.4, 0.5) is 18.9 Å². The van der Waals surface area contributed by atoms with Crippen LogP contribution in [0.25, 0.3) is 0 Å². The number of imidazole rings is 1. The zero-order valence-corrected chi connectivity index (χ0v) is 11.0. The lowest BCUT2D eigenvalue weighted by Gasteiger charge is -2.13. The number of aromatic nitrogens is 2. The molecule has 0 atom stereocenters. The highest BCUT2D eigenvalue weighted by Gasteiger charge is 2.12. The molecule has 21 heavy (non-hydrogen) atoms. The zero-order chi connectivity index (χ0) is 15.2. The predicted molar refractivity (Wildman–Crippen MR) is 69.8 cm³/mol. The molecule has 0 spiro atoms. The Morgan fingerprint density at radius 2 is 2.19 bits per heavy atom. The molecule has 0 aliphatic rings. The first-order valence-electron chi connectivity index (χ1n) is 6.18. The molecule has 0 aliphatic carbocycles. The smallest absolute Gasteiger partial charge is 0.319 e. The normalized spacial score (nSPS) is 10.9. The van der Waals surface area contributed by atoms with Crippen LogP contribution in [0.1, 0.15) is 12.4 Å². The maximum atomic E-state index is 13.2. The number of benzene rings is 1. The summed E-state index contributed by atoms with van der Waals surface area (Å²) in [5, 5.41) is 11.6. The van der Waals surface area contributed by atoms with E-state index < -0.39 is 12.4 Å². The third-order valence-corrected chi connectivity index (χ3v) is 2.69. The minimum atomic E-state index is -2.68. The lowest BCUT2D eigenvalue weighted by molar-refractivity contribution is 0.0673. The standard InChI is InChI=1S/C13H14F3N3O2/c14-9-1-2-10(11(7-9)21-6-5-20)18-8-12-17-3-4-19(12)13(15)16/h1-4,7,13,18,20H,5-6,8H2. The van der Waals surface area contributed by atoms with Crippen LogP contribution in [0.3, 0.4) is 0 Å². The summed E-state index contributed by atoms with van der Waals surface area (Å²) in [7, 11) is 0. The molecule has 8 heteroatoms. The molecule has 1 aromatic heterocycles. The number of halogens is 3. The second kappa shape index (κ2) is 6.98. The van der Waals surface area contributed by atoms with Gasteiger partial charge in [0.2, 0.25) is 0 Å². The maximum Gasteiger partial charge on any atom is 0.319 e. The van der Waals surface area contributed by atoms with Gasteiger partial charge in [0.15, 0.2) is 0 Å². The molecule has 2 aromatic rings. The molecule has 114 valence electrons. The Bertz CT molecular complexity index is 590. The summed E-state index contributed by atoms with van der Waals surface area (Å²) < 4.78 is 44.4. The number of rotatable bonds is 7. The quantitative estimate of drug-likeness (QED) is 0.824. The molecule has 5 nitrogen and oxygen atoms in total. The lowest BCUT2D eigenvalue weighted by atomic mass is 10.3. The molecule has 1 heterocycles. The van der Waals surface area contributed by atoms with E-state index in [1.54, 1.807) is 0 Å². The highest BCUT2D eigenvalue weighted by Crippen LogP contribution is 2.26. The van der Waals surface area contributed by atoms with Crippen molar-refractivity contribution in [1.82, 2.24) is 9.55 Å². The molecule has 0 saturated carbocycles. The van der Waals surface area contributed by atoms with E-state index in [2.05, 4.69) is 10.3 Å². The Kier molecular flexibility index (Phi) is 5.04. The van der Waals surface area contributed by atoms with Gasteiger partial charge >= 0.3 is 6.55 Å². The Balaban J connectivity index is 2.10. The summed E-state index contributed by atoms with van der Waals surface area (Å²) in [6, 6.07) is 3.79. The van der Waals surface area contributed by atoms with Crippen molar-refractivity contribution in [2.75, 3.05) is 18.5 Å². The van der Waals surface area contributed by atoms with E-state index in [0.29, 0.717) is 5.69 Å². The first kappa shape index (κ1) is 15.2. The number of hydrogen-bond donors (Lipinski definition) is 2. The third-order valence-electron chi connectivity index (χ3n) is 2.69. The number of nitrogens with zero attached hydrogens (tertiary/aromatic N) is 2. The van der Waals surface area contributed by atoms with Gasteiger partial charge in [-0.2, -0.15) is 8.78 Å². The molecule has 0 unspecified atom stereocenters. The number of anilines is 1. The van der Waals surface area contributed by atoms with Gasteiger partial charge in [-0.25, -0.2) is 9.37 Å². The van der Waals surface area contributed by atoms with Gasteiger partial charge in [-0.1, -0.05) is 0 Å². The number of aliphatic hydroxyl groups excluding tert-OH is 1. The van der Waals surface area contributed by atoms with Crippen LogP contribution >= 0.6 is 0 Å². The van der Waals surface area contributed by atoms with Crippen LogP contribution in [0.5, 0.6) is 5.75 Å². The highest BCUT2D eigenvalue weighted by atomic mass is 19.3. The SMILES string of the molecule is OCCOc1cc(F)ccc1NCc1nccn1C(F)F. The van der Waals surface area contributed by atoms with Gasteiger partial charge in [0.1, 0.15) is 24.0 Å². The van der Waals surface area contributed by atoms with Crippen molar-refractivity contribution >= 4 is 5.69 Å². The van der Waals surface area contributed by atoms with Crippen molar-refractivity contribution < 1.29 is 23.0 Å². The largest absolute Gasteiger partial charge is 0.489 e. The van der Waals surface area contributed by atoms with Crippen molar-refractivity contribution in [2.45, 2.75) is 13.1 Å². The summed E-state index contributed by atoms with van der Waals surface area (Å²) >= 11 is 0. The highest BCUT2D eigenvalue weighted by molar-refractivity contribution is 5.56. The number of alkyl halides is 2. The average Bonchev–Trinajstić information content (AvgIpc) is 2.92. The van der Waals surface area contributed by atoms with Gasteiger partial charge in [-0.05, 0) is 12.1 Å². The number of aliphatic hydroxyl groups is 1. The van der Waals surface area contributed by atoms with Gasteiger partial charge < -0.3 is 15.2 Å². The van der Waals surface area contributed by atoms with Crippen LogP contribution in [0.2, 0.25) is 0 Å². The number of ether oxygens (including phenoxy) is 1. The van der Waals surface area contributed by atoms with Crippen molar-refractivity contribution in [1.29, 1.82) is 0 Å². The van der Waals surface area contributed by atoms with E-state index in [-0.39, 0.29) is 31.3 Å². The molecular weight excluding hydrogens is 287 g/mol. The Labute approximate surface area is 119 Å². The third kappa shape index (κ3) is 3.88. The predicted octanol–water partition coefficient (Wildman–Crippen LogP) is 2.40. The summed E-state index contributed by atoms with van der Waals surface area (Å²) in [5.41, 5.74) is 0.425. The van der Waals surface area contributed by atoms with Gasteiger partial charge in [0.25, 0.3) is 0 Å². The molecule has 0 radical (unpaired) electrons. The van der Waals surface area contributed by atoms with E-state index in [9.17, 15) is 13.2 Å². The van der Waals surface area contributed by atoms with E-state index >= 15 is 0 Å². The summed E-state index contributed by atoms with van der Waals surface area (Å²) in [4.78, 5) is 3.83. The van der Waals surface area contributed by atoms with Crippen LogP contribution in [-0.2, 0) is 6.54 Å². The topological polar surface area (TPSA) is 59.3 Å². The molecule has 0 saturated heterocycles. The van der Waals surface area contributed by atoms with Gasteiger partial charge in [-0.3, -0.25) is 4.57 Å². The van der Waals surface area contributed by atoms with Crippen molar-refractivity contribution in [2.24, 2.45) is 0 Å². The van der Waals surface area contributed by atoms with E-state index in [1.807, 2.05) is 0 Å². The minimum absolute atomic E-state index is 0.00376. The molecule has 0 aliphatic heterocycles. The fourth-order valence-electron chi connectivity index (χ4n) is 1.75. The molecule has 1 aromatic carbocycles. The number of nitrogens with one attached hydrogen (secondary N) is 1. The van der Waals surface area contributed by atoms with Crippen LogP contribution in [0.15, 0.2) is 30.6 Å². The van der Waals surface area contributed by atoms with Gasteiger partial charge in [0.05, 0.1) is 18.8 Å². The Morgan fingerprint density at radius 3 is 2.90 bits per heavy atom. The van der Waals surface area contributed by atoms with E-state index in [1.165, 1.54) is 24.5 Å². The first-order valence-corrected chi connectivity index (χ1v) is 6.18. The molecular formula is C13H14F3N3O2. The second-order valence-electron chi connectivity index (χ2n) is 4.09. The van der Waals surface area contributed by atoms with Gasteiger partial charge in [-0.15, -0.1) is 0 Å². The molecule has 0 amide bonds. The average molecular weight is 301 g/mol. The monoisotopic (exact) mass is 301 g/mol. The summed E-state index contributed by atoms with van der Waals surface area (Å²) in [6.07, 6.45) is 2.45. The fourth-order valence-corrected chi connectivity index (χ4v) is 1.75. The Morgan fingerprint density at radius 1 is 1.38 bits per heavy atom. The van der Waals surface area contributed by atoms with Crippen molar-refractivity contribution in [3.63, 3.8) is 0 Å². The fraction of sp³-hybridized carbons (Fsp3) is 0.308. The number of hydrogen-bond acceptors (Lipinski definition) is 4. The lowest BCUT2D eigenvalue weighted by Crippen LogP contribution is -2.10. The van der Waals surface area contributed by atoms with Crippen molar-refractivity contribution in [3.8, 4) is 5.75 Å². The molecule has 2 N–H and O–H groups in total. The van der Waals surface area contributed by atoms with Crippen LogP contribution < -0.4 is 10.1 Å². The molecule has 2 rings (SSSR count).